The van der Waals surface area contributed by atoms with E-state index in [9.17, 15) is 0 Å². The minimum Gasteiger partial charge on any atom is -0.399 e. The molecule has 1 rings (SSSR count). The Hall–Kier alpha value is -0.690. The fourth-order valence-corrected chi connectivity index (χ4v) is 2.03. The van der Waals surface area contributed by atoms with E-state index in [1.54, 1.807) is 0 Å². The summed E-state index contributed by atoms with van der Waals surface area (Å²) in [5, 5.41) is 0. The lowest BCUT2D eigenvalue weighted by atomic mass is 10.0. The molecule has 1 aromatic rings. The van der Waals surface area contributed by atoms with Crippen LogP contribution < -0.4 is 5.73 Å². The summed E-state index contributed by atoms with van der Waals surface area (Å²) < 4.78 is 0. The van der Waals surface area contributed by atoms with Gasteiger partial charge in [0.25, 0.3) is 0 Å². The molecule has 0 aliphatic rings. The summed E-state index contributed by atoms with van der Waals surface area (Å²) in [4.78, 5) is 0. The average Bonchev–Trinajstić information content (AvgIpc) is 2.28. The van der Waals surface area contributed by atoms with E-state index in [1.165, 1.54) is 56.9 Å². The molecule has 0 heterocycles. The predicted molar refractivity (Wildman–Crippen MR) is 79.8 cm³/mol. The van der Waals surface area contributed by atoms with Gasteiger partial charge < -0.3 is 5.73 Å². The van der Waals surface area contributed by atoms with Crippen molar-refractivity contribution in [1.82, 2.24) is 0 Å². The maximum atomic E-state index is 5.74. The molecular formula is C15H26ClN. The van der Waals surface area contributed by atoms with Crippen molar-refractivity contribution in [3.8, 4) is 0 Å². The van der Waals surface area contributed by atoms with Gasteiger partial charge in [-0.15, -0.1) is 12.4 Å². The highest BCUT2D eigenvalue weighted by atomic mass is 35.5. The van der Waals surface area contributed by atoms with Gasteiger partial charge in [0.2, 0.25) is 0 Å². The smallest absolute Gasteiger partial charge is 0.0316 e. The van der Waals surface area contributed by atoms with Crippen LogP contribution in [-0.2, 0) is 6.42 Å². The van der Waals surface area contributed by atoms with E-state index in [-0.39, 0.29) is 12.4 Å². The first-order chi connectivity index (χ1) is 7.83. The maximum absolute atomic E-state index is 5.74. The van der Waals surface area contributed by atoms with Crippen LogP contribution in [0.15, 0.2) is 24.3 Å². The molecular weight excluding hydrogens is 230 g/mol. The lowest BCUT2D eigenvalue weighted by Gasteiger charge is -2.03. The summed E-state index contributed by atoms with van der Waals surface area (Å²) in [5.41, 5.74) is 8.02. The van der Waals surface area contributed by atoms with Gasteiger partial charge in [0.05, 0.1) is 0 Å². The van der Waals surface area contributed by atoms with Crippen LogP contribution in [-0.4, -0.2) is 0 Å². The van der Waals surface area contributed by atoms with Crippen LogP contribution in [0.2, 0.25) is 0 Å². The van der Waals surface area contributed by atoms with Crippen molar-refractivity contribution in [1.29, 1.82) is 0 Å². The number of halogens is 1. The van der Waals surface area contributed by atoms with Crippen LogP contribution in [0.25, 0.3) is 0 Å². The molecule has 0 spiro atoms. The van der Waals surface area contributed by atoms with E-state index in [4.69, 9.17) is 5.73 Å². The SMILES string of the molecule is CCCCCCCCCc1cccc(N)c1.Cl. The number of anilines is 1. The molecule has 17 heavy (non-hydrogen) atoms. The highest BCUT2D eigenvalue weighted by Gasteiger charge is 1.94. The van der Waals surface area contributed by atoms with Crippen LogP contribution >= 0.6 is 12.4 Å². The van der Waals surface area contributed by atoms with E-state index >= 15 is 0 Å². The van der Waals surface area contributed by atoms with Gasteiger partial charge in [-0.3, -0.25) is 0 Å². The lowest BCUT2D eigenvalue weighted by molar-refractivity contribution is 0.589. The predicted octanol–water partition coefficient (Wildman–Crippen LogP) is 4.98. The highest BCUT2D eigenvalue weighted by Crippen LogP contribution is 2.12. The van der Waals surface area contributed by atoms with Crippen LogP contribution in [0, 0.1) is 0 Å². The van der Waals surface area contributed by atoms with Crippen molar-refractivity contribution in [2.75, 3.05) is 5.73 Å². The molecule has 2 N–H and O–H groups in total. The van der Waals surface area contributed by atoms with E-state index < -0.39 is 0 Å². The summed E-state index contributed by atoms with van der Waals surface area (Å²) in [7, 11) is 0. The Balaban J connectivity index is 0.00000256. The molecule has 1 aromatic carbocycles. The Labute approximate surface area is 112 Å². The van der Waals surface area contributed by atoms with Gasteiger partial charge in [-0.25, -0.2) is 0 Å². The van der Waals surface area contributed by atoms with Crippen LogP contribution in [0.1, 0.15) is 57.4 Å². The first kappa shape index (κ1) is 16.3. The molecule has 98 valence electrons. The molecule has 0 bridgehead atoms. The monoisotopic (exact) mass is 255 g/mol. The molecule has 0 aromatic heterocycles. The van der Waals surface area contributed by atoms with Crippen molar-refractivity contribution in [3.63, 3.8) is 0 Å². The Morgan fingerprint density at radius 2 is 1.59 bits per heavy atom. The van der Waals surface area contributed by atoms with Crippen molar-refractivity contribution >= 4 is 18.1 Å². The number of benzene rings is 1. The fraction of sp³-hybridized carbons (Fsp3) is 0.600. The summed E-state index contributed by atoms with van der Waals surface area (Å²) in [6.07, 6.45) is 10.8. The van der Waals surface area contributed by atoms with Gasteiger partial charge >= 0.3 is 0 Å². The third-order valence-corrected chi connectivity index (χ3v) is 3.02. The van der Waals surface area contributed by atoms with Gasteiger partial charge in [-0.05, 0) is 30.5 Å². The number of hydrogen-bond donors (Lipinski definition) is 1. The standard InChI is InChI=1S/C15H25N.ClH/c1-2-3-4-5-6-7-8-10-14-11-9-12-15(16)13-14;/h9,11-13H,2-8,10,16H2,1H3;1H. The number of nitrogen functional groups attached to an aromatic ring is 1. The molecule has 0 unspecified atom stereocenters. The first-order valence-electron chi connectivity index (χ1n) is 6.67. The average molecular weight is 256 g/mol. The quantitative estimate of drug-likeness (QED) is 0.514. The van der Waals surface area contributed by atoms with E-state index in [0.29, 0.717) is 0 Å². The van der Waals surface area contributed by atoms with Crippen molar-refractivity contribution < 1.29 is 0 Å². The van der Waals surface area contributed by atoms with Crippen LogP contribution in [0.5, 0.6) is 0 Å². The second-order valence-corrected chi connectivity index (χ2v) is 4.62. The Bertz CT molecular complexity index is 286. The largest absolute Gasteiger partial charge is 0.399 e. The van der Waals surface area contributed by atoms with Crippen molar-refractivity contribution in [3.05, 3.63) is 29.8 Å². The molecule has 0 amide bonds. The number of unbranched alkanes of at least 4 members (excludes halogenated alkanes) is 6. The third-order valence-electron chi connectivity index (χ3n) is 3.02. The second-order valence-electron chi connectivity index (χ2n) is 4.62. The molecule has 2 heteroatoms. The minimum absolute atomic E-state index is 0. The Morgan fingerprint density at radius 1 is 0.941 bits per heavy atom. The third kappa shape index (κ3) is 8.09. The van der Waals surface area contributed by atoms with Crippen LogP contribution in [0.3, 0.4) is 0 Å². The summed E-state index contributed by atoms with van der Waals surface area (Å²) >= 11 is 0. The molecule has 0 saturated heterocycles. The normalized spacial score (nSPS) is 9.94. The molecule has 1 nitrogen and oxygen atoms in total. The minimum atomic E-state index is 0. The summed E-state index contributed by atoms with van der Waals surface area (Å²) in [6, 6.07) is 8.27. The Morgan fingerprint density at radius 3 is 2.24 bits per heavy atom. The second kappa shape index (κ2) is 10.5. The van der Waals surface area contributed by atoms with Gasteiger partial charge in [0.1, 0.15) is 0 Å². The molecule has 0 aliphatic heterocycles. The zero-order valence-corrected chi connectivity index (χ0v) is 11.8. The topological polar surface area (TPSA) is 26.0 Å². The highest BCUT2D eigenvalue weighted by molar-refractivity contribution is 5.85. The Kier molecular flexibility index (Phi) is 10.0. The zero-order chi connectivity index (χ0) is 11.6. The maximum Gasteiger partial charge on any atom is 0.0316 e. The molecule has 0 aliphatic carbocycles. The molecule has 0 saturated carbocycles. The van der Waals surface area contributed by atoms with Gasteiger partial charge in [-0.1, -0.05) is 57.6 Å². The lowest BCUT2D eigenvalue weighted by Crippen LogP contribution is -1.89. The van der Waals surface area contributed by atoms with Crippen molar-refractivity contribution in [2.24, 2.45) is 0 Å². The summed E-state index contributed by atoms with van der Waals surface area (Å²) in [5.74, 6) is 0. The zero-order valence-electron chi connectivity index (χ0n) is 11.0. The summed E-state index contributed by atoms with van der Waals surface area (Å²) in [6.45, 7) is 2.26. The number of aryl methyl sites for hydroxylation is 1. The number of hydrogen-bond acceptors (Lipinski definition) is 1. The van der Waals surface area contributed by atoms with Crippen LogP contribution in [0.4, 0.5) is 5.69 Å². The van der Waals surface area contributed by atoms with Gasteiger partial charge in [-0.2, -0.15) is 0 Å². The fourth-order valence-electron chi connectivity index (χ4n) is 2.03. The number of rotatable bonds is 8. The van der Waals surface area contributed by atoms with Gasteiger partial charge in [0.15, 0.2) is 0 Å². The van der Waals surface area contributed by atoms with E-state index in [0.717, 1.165) is 5.69 Å². The molecule has 0 atom stereocenters. The first-order valence-corrected chi connectivity index (χ1v) is 6.67. The van der Waals surface area contributed by atoms with Gasteiger partial charge in [0, 0.05) is 5.69 Å². The molecule has 0 fully saturated rings. The van der Waals surface area contributed by atoms with E-state index in [2.05, 4.69) is 19.1 Å². The van der Waals surface area contributed by atoms with Crippen molar-refractivity contribution in [2.45, 2.75) is 58.3 Å². The molecule has 0 radical (unpaired) electrons. The van der Waals surface area contributed by atoms with E-state index in [1.807, 2.05) is 12.1 Å². The number of nitrogens with two attached hydrogens (primary N) is 1.